The highest BCUT2D eigenvalue weighted by Crippen LogP contribution is 2.36. The molecule has 0 N–H and O–H groups in total. The van der Waals surface area contributed by atoms with Gasteiger partial charge in [0.2, 0.25) is 5.16 Å². The lowest BCUT2D eigenvalue weighted by atomic mass is 9.82. The van der Waals surface area contributed by atoms with Gasteiger partial charge in [-0.25, -0.2) is 9.50 Å². The summed E-state index contributed by atoms with van der Waals surface area (Å²) in [7, 11) is 3.22. The van der Waals surface area contributed by atoms with Crippen LogP contribution in [0.25, 0.3) is 5.78 Å². The van der Waals surface area contributed by atoms with Crippen molar-refractivity contribution < 1.29 is 14.3 Å². The van der Waals surface area contributed by atoms with Crippen molar-refractivity contribution in [1.82, 2.24) is 19.6 Å². The lowest BCUT2D eigenvalue weighted by Crippen LogP contribution is -2.21. The van der Waals surface area contributed by atoms with Crippen molar-refractivity contribution in [3.8, 4) is 11.5 Å². The lowest BCUT2D eigenvalue weighted by Gasteiger charge is -2.23. The van der Waals surface area contributed by atoms with Gasteiger partial charge in [-0.1, -0.05) is 24.8 Å². The SMILES string of the molecule is CCSc1nc2nc3c(cn2n1)C(=O)CC(c1ccc(OC)c(OC)c1)C3. The molecule has 8 heteroatoms. The summed E-state index contributed by atoms with van der Waals surface area (Å²) in [6.07, 6.45) is 2.87. The molecule has 3 aromatic rings. The fraction of sp³-hybridized carbons (Fsp3) is 0.368. The molecule has 1 atom stereocenters. The Bertz CT molecular complexity index is 1020. The Labute approximate surface area is 161 Å². The van der Waals surface area contributed by atoms with E-state index in [2.05, 4.69) is 15.1 Å². The molecule has 0 fully saturated rings. The van der Waals surface area contributed by atoms with Crippen molar-refractivity contribution in [3.63, 3.8) is 0 Å². The molecule has 2 heterocycles. The number of nitrogens with zero attached hydrogens (tertiary/aromatic N) is 4. The normalized spacial score (nSPS) is 16.4. The maximum Gasteiger partial charge on any atom is 0.253 e. The number of benzene rings is 1. The third kappa shape index (κ3) is 3.25. The molecule has 0 saturated heterocycles. The Hall–Kier alpha value is -2.61. The maximum atomic E-state index is 12.8. The van der Waals surface area contributed by atoms with E-state index in [1.54, 1.807) is 36.7 Å². The predicted molar refractivity (Wildman–Crippen MR) is 102 cm³/mol. The summed E-state index contributed by atoms with van der Waals surface area (Å²) in [5.74, 6) is 2.88. The number of hydrogen-bond acceptors (Lipinski definition) is 7. The summed E-state index contributed by atoms with van der Waals surface area (Å²) >= 11 is 1.56. The minimum atomic E-state index is 0.0483. The van der Waals surface area contributed by atoms with Crippen LogP contribution in [0.3, 0.4) is 0 Å². The molecule has 27 heavy (non-hydrogen) atoms. The summed E-state index contributed by atoms with van der Waals surface area (Å²) in [5.41, 5.74) is 2.45. The second-order valence-corrected chi connectivity index (χ2v) is 7.55. The van der Waals surface area contributed by atoms with E-state index in [9.17, 15) is 4.79 Å². The van der Waals surface area contributed by atoms with Gasteiger partial charge in [-0.2, -0.15) is 4.98 Å². The number of aromatic nitrogens is 4. The van der Waals surface area contributed by atoms with Gasteiger partial charge in [-0.3, -0.25) is 4.79 Å². The van der Waals surface area contributed by atoms with E-state index in [0.717, 1.165) is 17.0 Å². The number of carbonyl (C=O) groups is 1. The zero-order chi connectivity index (χ0) is 19.0. The summed E-state index contributed by atoms with van der Waals surface area (Å²) in [4.78, 5) is 21.8. The Morgan fingerprint density at radius 1 is 1.19 bits per heavy atom. The molecular weight excluding hydrogens is 364 g/mol. The smallest absolute Gasteiger partial charge is 0.253 e. The van der Waals surface area contributed by atoms with Crippen molar-refractivity contribution in [2.24, 2.45) is 0 Å². The number of ether oxygens (including phenoxy) is 2. The zero-order valence-electron chi connectivity index (χ0n) is 15.4. The van der Waals surface area contributed by atoms with Gasteiger partial charge in [0.05, 0.1) is 25.5 Å². The molecule has 1 aliphatic rings. The van der Waals surface area contributed by atoms with Crippen LogP contribution in [0.1, 0.15) is 40.9 Å². The molecule has 4 rings (SSSR count). The predicted octanol–water partition coefficient (Wildman–Crippen LogP) is 3.17. The molecule has 0 aliphatic heterocycles. The zero-order valence-corrected chi connectivity index (χ0v) is 16.2. The van der Waals surface area contributed by atoms with Crippen LogP contribution >= 0.6 is 11.8 Å². The van der Waals surface area contributed by atoms with Gasteiger partial charge in [0.15, 0.2) is 17.3 Å². The van der Waals surface area contributed by atoms with Crippen molar-refractivity contribution >= 4 is 23.3 Å². The first-order valence-corrected chi connectivity index (χ1v) is 9.75. The van der Waals surface area contributed by atoms with Crippen LogP contribution in [0.4, 0.5) is 0 Å². The Morgan fingerprint density at radius 3 is 2.74 bits per heavy atom. The minimum absolute atomic E-state index is 0.0483. The molecular formula is C19H20N4O3S. The first kappa shape index (κ1) is 17.8. The van der Waals surface area contributed by atoms with Gasteiger partial charge < -0.3 is 9.47 Å². The monoisotopic (exact) mass is 384 g/mol. The van der Waals surface area contributed by atoms with Crippen molar-refractivity contribution in [3.05, 3.63) is 41.2 Å². The molecule has 2 aromatic heterocycles. The largest absolute Gasteiger partial charge is 0.493 e. The fourth-order valence-corrected chi connectivity index (χ4v) is 3.95. The van der Waals surface area contributed by atoms with Crippen molar-refractivity contribution in [2.45, 2.75) is 30.8 Å². The average molecular weight is 384 g/mol. The van der Waals surface area contributed by atoms with Crippen LogP contribution in [-0.4, -0.2) is 45.3 Å². The number of fused-ring (bicyclic) bond motifs is 2. The van der Waals surface area contributed by atoms with Crippen LogP contribution < -0.4 is 9.47 Å². The Morgan fingerprint density at radius 2 is 2.00 bits per heavy atom. The number of methoxy groups -OCH3 is 2. The summed E-state index contributed by atoms with van der Waals surface area (Å²) < 4.78 is 12.3. The average Bonchev–Trinajstić information content (AvgIpc) is 3.07. The molecule has 0 radical (unpaired) electrons. The van der Waals surface area contributed by atoms with E-state index in [1.165, 1.54) is 0 Å². The quantitative estimate of drug-likeness (QED) is 0.625. The van der Waals surface area contributed by atoms with Gasteiger partial charge >= 0.3 is 0 Å². The lowest BCUT2D eigenvalue weighted by molar-refractivity contribution is 0.0962. The van der Waals surface area contributed by atoms with Gasteiger partial charge in [0.25, 0.3) is 5.78 Å². The first-order valence-electron chi connectivity index (χ1n) is 8.77. The van der Waals surface area contributed by atoms with Gasteiger partial charge in [0, 0.05) is 12.6 Å². The molecule has 140 valence electrons. The summed E-state index contributed by atoms with van der Waals surface area (Å²) in [5, 5.41) is 5.06. The van der Waals surface area contributed by atoms with Crippen LogP contribution in [-0.2, 0) is 6.42 Å². The van der Waals surface area contributed by atoms with Crippen LogP contribution in [0.2, 0.25) is 0 Å². The minimum Gasteiger partial charge on any atom is -0.493 e. The number of ketones is 1. The molecule has 1 aromatic carbocycles. The van der Waals surface area contributed by atoms with Gasteiger partial charge in [0.1, 0.15) is 0 Å². The summed E-state index contributed by atoms with van der Waals surface area (Å²) in [6, 6.07) is 5.79. The molecule has 0 amide bonds. The highest BCUT2D eigenvalue weighted by molar-refractivity contribution is 7.99. The van der Waals surface area contributed by atoms with E-state index in [1.807, 2.05) is 25.1 Å². The molecule has 0 bridgehead atoms. The van der Waals surface area contributed by atoms with E-state index >= 15 is 0 Å². The second-order valence-electron chi connectivity index (χ2n) is 6.32. The van der Waals surface area contributed by atoms with E-state index < -0.39 is 0 Å². The van der Waals surface area contributed by atoms with Crippen molar-refractivity contribution in [2.75, 3.05) is 20.0 Å². The molecule has 0 saturated carbocycles. The third-order valence-corrected chi connectivity index (χ3v) is 5.44. The molecule has 0 spiro atoms. The topological polar surface area (TPSA) is 78.6 Å². The number of rotatable bonds is 5. The molecule has 1 unspecified atom stereocenters. The van der Waals surface area contributed by atoms with Crippen LogP contribution in [0, 0.1) is 0 Å². The number of Topliss-reactive ketones (excluding diaryl/α,β-unsaturated/α-hetero) is 1. The van der Waals surface area contributed by atoms with Crippen LogP contribution in [0.5, 0.6) is 11.5 Å². The molecule has 7 nitrogen and oxygen atoms in total. The van der Waals surface area contributed by atoms with Gasteiger partial charge in [-0.05, 0) is 35.8 Å². The standard InChI is InChI=1S/C19H20N4O3S/c1-4-27-19-21-18-20-14-7-12(8-15(24)13(14)10-23(18)22-19)11-5-6-16(25-2)17(9-11)26-3/h5-6,9-10,12H,4,7-8H2,1-3H3. The first-order chi connectivity index (χ1) is 13.1. The number of thioether (sulfide) groups is 1. The van der Waals surface area contributed by atoms with Crippen LogP contribution in [0.15, 0.2) is 29.6 Å². The van der Waals surface area contributed by atoms with E-state index in [0.29, 0.717) is 40.8 Å². The fourth-order valence-electron chi connectivity index (χ4n) is 3.40. The molecule has 1 aliphatic carbocycles. The van der Waals surface area contributed by atoms with E-state index in [-0.39, 0.29) is 11.7 Å². The highest BCUT2D eigenvalue weighted by atomic mass is 32.2. The second kappa shape index (κ2) is 7.19. The third-order valence-electron chi connectivity index (χ3n) is 4.72. The van der Waals surface area contributed by atoms with E-state index in [4.69, 9.17) is 9.47 Å². The Balaban J connectivity index is 1.69. The Kier molecular flexibility index (Phi) is 4.73. The van der Waals surface area contributed by atoms with Gasteiger partial charge in [-0.15, -0.1) is 5.10 Å². The van der Waals surface area contributed by atoms with Crippen molar-refractivity contribution in [1.29, 1.82) is 0 Å². The maximum absolute atomic E-state index is 12.8. The highest BCUT2D eigenvalue weighted by Gasteiger charge is 2.29. The number of carbonyl (C=O) groups excluding carboxylic acids is 1. The summed E-state index contributed by atoms with van der Waals surface area (Å²) in [6.45, 7) is 2.05. The number of hydrogen-bond donors (Lipinski definition) is 0.